The van der Waals surface area contributed by atoms with Crippen molar-refractivity contribution in [1.29, 1.82) is 0 Å². The van der Waals surface area contributed by atoms with E-state index in [-0.39, 0.29) is 0 Å². The Hall–Kier alpha value is -0.800. The fourth-order valence-corrected chi connectivity index (χ4v) is 2.71. The molecule has 0 amide bonds. The second-order valence-electron chi connectivity index (χ2n) is 5.23. The minimum absolute atomic E-state index is 0.647. The normalized spacial score (nSPS) is 25.4. The monoisotopic (exact) mass is 236 g/mol. The summed E-state index contributed by atoms with van der Waals surface area (Å²) in [5.41, 5.74) is 0. The third kappa shape index (κ3) is 3.86. The van der Waals surface area contributed by atoms with E-state index in [4.69, 9.17) is 4.42 Å². The van der Waals surface area contributed by atoms with Crippen LogP contribution in [0.4, 0.5) is 0 Å². The standard InChI is InChI=1S/C14H24N2O/c1-3-12-6-7-15-13(9-12)10-16(2)11-14-5-4-8-17-14/h4-5,8,12-13,15H,3,6-7,9-11H2,1-2H3. The quantitative estimate of drug-likeness (QED) is 0.851. The van der Waals surface area contributed by atoms with Gasteiger partial charge in [-0.05, 0) is 44.5 Å². The van der Waals surface area contributed by atoms with Gasteiger partial charge in [0.15, 0.2) is 0 Å². The molecular weight excluding hydrogens is 212 g/mol. The SMILES string of the molecule is CCC1CCNC(CN(C)Cc2ccco2)C1. The van der Waals surface area contributed by atoms with Gasteiger partial charge in [-0.2, -0.15) is 0 Å². The number of likely N-dealkylation sites (N-methyl/N-ethyl adjacent to an activating group) is 1. The lowest BCUT2D eigenvalue weighted by atomic mass is 9.90. The molecule has 1 fully saturated rings. The van der Waals surface area contributed by atoms with Crippen LogP contribution in [0.15, 0.2) is 22.8 Å². The van der Waals surface area contributed by atoms with Crippen molar-refractivity contribution in [2.45, 2.75) is 38.8 Å². The average Bonchev–Trinajstić information content (AvgIpc) is 2.82. The number of piperidine rings is 1. The van der Waals surface area contributed by atoms with E-state index in [0.717, 1.165) is 24.8 Å². The van der Waals surface area contributed by atoms with Crippen molar-refractivity contribution in [3.63, 3.8) is 0 Å². The van der Waals surface area contributed by atoms with Gasteiger partial charge in [-0.3, -0.25) is 4.90 Å². The van der Waals surface area contributed by atoms with Crippen molar-refractivity contribution >= 4 is 0 Å². The van der Waals surface area contributed by atoms with Crippen LogP contribution >= 0.6 is 0 Å². The fraction of sp³-hybridized carbons (Fsp3) is 0.714. The van der Waals surface area contributed by atoms with Gasteiger partial charge in [0.05, 0.1) is 12.8 Å². The van der Waals surface area contributed by atoms with Gasteiger partial charge in [0.25, 0.3) is 0 Å². The van der Waals surface area contributed by atoms with Gasteiger partial charge in [0.2, 0.25) is 0 Å². The Morgan fingerprint density at radius 2 is 2.41 bits per heavy atom. The third-order valence-corrected chi connectivity index (χ3v) is 3.72. The first kappa shape index (κ1) is 12.7. The van der Waals surface area contributed by atoms with E-state index < -0.39 is 0 Å². The summed E-state index contributed by atoms with van der Waals surface area (Å²) in [4.78, 5) is 2.34. The summed E-state index contributed by atoms with van der Waals surface area (Å²) in [7, 11) is 2.17. The van der Waals surface area contributed by atoms with E-state index in [1.54, 1.807) is 6.26 Å². The van der Waals surface area contributed by atoms with Crippen LogP contribution in [0, 0.1) is 5.92 Å². The molecule has 2 rings (SSSR count). The van der Waals surface area contributed by atoms with E-state index in [2.05, 4.69) is 24.2 Å². The van der Waals surface area contributed by atoms with Gasteiger partial charge in [0.1, 0.15) is 5.76 Å². The number of furan rings is 1. The van der Waals surface area contributed by atoms with Gasteiger partial charge in [-0.15, -0.1) is 0 Å². The van der Waals surface area contributed by atoms with Gasteiger partial charge in [-0.25, -0.2) is 0 Å². The molecule has 17 heavy (non-hydrogen) atoms. The predicted octanol–water partition coefficient (Wildman–Crippen LogP) is 2.49. The smallest absolute Gasteiger partial charge is 0.117 e. The van der Waals surface area contributed by atoms with Crippen molar-refractivity contribution in [3.8, 4) is 0 Å². The summed E-state index contributed by atoms with van der Waals surface area (Å²) in [6.45, 7) is 5.50. The van der Waals surface area contributed by atoms with E-state index in [0.29, 0.717) is 6.04 Å². The highest BCUT2D eigenvalue weighted by Crippen LogP contribution is 2.19. The molecule has 1 saturated heterocycles. The van der Waals surface area contributed by atoms with Crippen molar-refractivity contribution in [2.75, 3.05) is 20.1 Å². The van der Waals surface area contributed by atoms with Gasteiger partial charge >= 0.3 is 0 Å². The van der Waals surface area contributed by atoms with Crippen molar-refractivity contribution < 1.29 is 4.42 Å². The molecular formula is C14H24N2O. The molecule has 96 valence electrons. The van der Waals surface area contributed by atoms with Gasteiger partial charge in [0, 0.05) is 12.6 Å². The van der Waals surface area contributed by atoms with Crippen LogP contribution in [-0.2, 0) is 6.54 Å². The molecule has 3 heteroatoms. The molecule has 2 unspecified atom stereocenters. The summed E-state index contributed by atoms with van der Waals surface area (Å²) in [6.07, 6.45) is 5.73. The van der Waals surface area contributed by atoms with Crippen LogP contribution in [0.5, 0.6) is 0 Å². The van der Waals surface area contributed by atoms with Crippen molar-refractivity contribution in [2.24, 2.45) is 5.92 Å². The van der Waals surface area contributed by atoms with Crippen molar-refractivity contribution in [3.05, 3.63) is 24.2 Å². The first-order valence-corrected chi connectivity index (χ1v) is 6.72. The number of rotatable bonds is 5. The first-order valence-electron chi connectivity index (χ1n) is 6.72. The maximum absolute atomic E-state index is 5.37. The zero-order valence-corrected chi connectivity index (χ0v) is 11.0. The number of nitrogens with zero attached hydrogens (tertiary/aromatic N) is 1. The predicted molar refractivity (Wildman–Crippen MR) is 69.8 cm³/mol. The van der Waals surface area contributed by atoms with Crippen molar-refractivity contribution in [1.82, 2.24) is 10.2 Å². The summed E-state index contributed by atoms with van der Waals surface area (Å²) < 4.78 is 5.37. The molecule has 3 nitrogen and oxygen atoms in total. The highest BCUT2D eigenvalue weighted by molar-refractivity contribution is 4.97. The molecule has 0 aromatic carbocycles. The fourth-order valence-electron chi connectivity index (χ4n) is 2.71. The lowest BCUT2D eigenvalue weighted by Gasteiger charge is -2.32. The minimum Gasteiger partial charge on any atom is -0.468 e. The second-order valence-corrected chi connectivity index (χ2v) is 5.23. The third-order valence-electron chi connectivity index (χ3n) is 3.72. The largest absolute Gasteiger partial charge is 0.468 e. The molecule has 0 spiro atoms. The number of hydrogen-bond donors (Lipinski definition) is 1. The van der Waals surface area contributed by atoms with Crippen LogP contribution in [0.3, 0.4) is 0 Å². The summed E-state index contributed by atoms with van der Waals surface area (Å²) >= 11 is 0. The molecule has 0 radical (unpaired) electrons. The molecule has 1 aromatic heterocycles. The molecule has 1 N–H and O–H groups in total. The Labute approximate surface area is 104 Å². The zero-order valence-electron chi connectivity index (χ0n) is 11.0. The molecule has 1 aliphatic rings. The molecule has 1 aliphatic heterocycles. The molecule has 2 atom stereocenters. The van der Waals surface area contributed by atoms with E-state index >= 15 is 0 Å². The highest BCUT2D eigenvalue weighted by atomic mass is 16.3. The average molecular weight is 236 g/mol. The molecule has 2 heterocycles. The summed E-state index contributed by atoms with van der Waals surface area (Å²) in [6, 6.07) is 4.64. The Morgan fingerprint density at radius 1 is 1.53 bits per heavy atom. The molecule has 0 saturated carbocycles. The maximum Gasteiger partial charge on any atom is 0.117 e. The number of hydrogen-bond acceptors (Lipinski definition) is 3. The minimum atomic E-state index is 0.647. The second kappa shape index (κ2) is 6.22. The van der Waals surface area contributed by atoms with Gasteiger partial charge in [-0.1, -0.05) is 13.3 Å². The Balaban J connectivity index is 1.76. The molecule has 1 aromatic rings. The zero-order chi connectivity index (χ0) is 12.1. The molecule has 0 aliphatic carbocycles. The molecule has 0 bridgehead atoms. The van der Waals surface area contributed by atoms with Crippen LogP contribution in [0.2, 0.25) is 0 Å². The topological polar surface area (TPSA) is 28.4 Å². The van der Waals surface area contributed by atoms with Crippen LogP contribution in [-0.4, -0.2) is 31.1 Å². The Morgan fingerprint density at radius 3 is 3.12 bits per heavy atom. The van der Waals surface area contributed by atoms with Crippen LogP contribution < -0.4 is 5.32 Å². The number of nitrogens with one attached hydrogen (secondary N) is 1. The lowest BCUT2D eigenvalue weighted by Crippen LogP contribution is -2.44. The summed E-state index contributed by atoms with van der Waals surface area (Å²) in [5, 5.41) is 3.62. The first-order chi connectivity index (χ1) is 8.28. The highest BCUT2D eigenvalue weighted by Gasteiger charge is 2.21. The van der Waals surface area contributed by atoms with E-state index in [1.807, 2.05) is 12.1 Å². The summed E-state index contributed by atoms with van der Waals surface area (Å²) in [5.74, 6) is 1.97. The van der Waals surface area contributed by atoms with Gasteiger partial charge < -0.3 is 9.73 Å². The van der Waals surface area contributed by atoms with E-state index in [1.165, 1.54) is 25.8 Å². The Kier molecular flexibility index (Phi) is 4.63. The lowest BCUT2D eigenvalue weighted by molar-refractivity contribution is 0.211. The Bertz CT molecular complexity index is 310. The van der Waals surface area contributed by atoms with Crippen LogP contribution in [0.25, 0.3) is 0 Å². The van der Waals surface area contributed by atoms with E-state index in [9.17, 15) is 0 Å². The maximum atomic E-state index is 5.37. The van der Waals surface area contributed by atoms with Crippen LogP contribution in [0.1, 0.15) is 31.9 Å².